The molecule has 0 bridgehead atoms. The highest BCUT2D eigenvalue weighted by molar-refractivity contribution is 6.10. The van der Waals surface area contributed by atoms with Crippen LogP contribution in [0.3, 0.4) is 0 Å². The number of aryl methyl sites for hydroxylation is 1. The summed E-state index contributed by atoms with van der Waals surface area (Å²) in [4.78, 5) is 17.2. The van der Waals surface area contributed by atoms with E-state index in [-0.39, 0.29) is 23.1 Å². The maximum absolute atomic E-state index is 14.2. The van der Waals surface area contributed by atoms with Crippen LogP contribution in [0, 0.1) is 5.92 Å². The number of benzene rings is 2. The number of ether oxygens (including phenoxy) is 1. The Labute approximate surface area is 219 Å². The molecule has 2 fully saturated rings. The molecular weight excluding hydrogens is 495 g/mol. The van der Waals surface area contributed by atoms with Crippen molar-refractivity contribution in [2.24, 2.45) is 13.0 Å². The normalized spacial score (nSPS) is 21.1. The third-order valence-electron chi connectivity index (χ3n) is 8.15. The van der Waals surface area contributed by atoms with Crippen molar-refractivity contribution in [3.05, 3.63) is 76.4 Å². The number of carbonyl (C=O) groups excluding carboxylic acids is 1. The van der Waals surface area contributed by atoms with Crippen molar-refractivity contribution < 1.29 is 22.7 Å². The third-order valence-corrected chi connectivity index (χ3v) is 8.15. The van der Waals surface area contributed by atoms with Gasteiger partial charge >= 0.3 is 6.18 Å². The number of aromatic nitrogens is 3. The number of hydrogen-bond donors (Lipinski definition) is 0. The fourth-order valence-corrected chi connectivity index (χ4v) is 5.94. The molecule has 200 valence electrons. The summed E-state index contributed by atoms with van der Waals surface area (Å²) in [6.45, 7) is 5.14. The summed E-state index contributed by atoms with van der Waals surface area (Å²) in [6, 6.07) is 10.4. The quantitative estimate of drug-likeness (QED) is 0.479. The molecule has 10 heteroatoms. The van der Waals surface area contributed by atoms with E-state index in [1.165, 1.54) is 11.0 Å². The average molecular weight is 526 g/mol. The van der Waals surface area contributed by atoms with E-state index >= 15 is 0 Å². The van der Waals surface area contributed by atoms with Gasteiger partial charge in [-0.1, -0.05) is 19.1 Å². The summed E-state index contributed by atoms with van der Waals surface area (Å²) in [5.41, 5.74) is 1.23. The fourth-order valence-electron chi connectivity index (χ4n) is 5.94. The first kappa shape index (κ1) is 25.1. The number of hydrogen-bond acceptors (Lipinski definition) is 5. The molecule has 0 N–H and O–H groups in total. The Hall–Kier alpha value is -3.24. The predicted molar refractivity (Wildman–Crippen MR) is 135 cm³/mol. The molecule has 7 nitrogen and oxygen atoms in total. The number of alkyl halides is 3. The number of rotatable bonds is 6. The van der Waals surface area contributed by atoms with Gasteiger partial charge in [-0.15, -0.1) is 10.2 Å². The van der Waals surface area contributed by atoms with Crippen LogP contribution in [-0.2, 0) is 42.9 Å². The van der Waals surface area contributed by atoms with E-state index in [4.69, 9.17) is 4.74 Å². The molecule has 0 aliphatic carbocycles. The molecule has 0 radical (unpaired) electrons. The van der Waals surface area contributed by atoms with Crippen molar-refractivity contribution in [2.75, 3.05) is 31.2 Å². The second kappa shape index (κ2) is 9.20. The molecule has 3 aromatic rings. The van der Waals surface area contributed by atoms with E-state index in [0.717, 1.165) is 30.9 Å². The molecule has 3 aliphatic heterocycles. The van der Waals surface area contributed by atoms with Crippen molar-refractivity contribution in [2.45, 2.75) is 44.4 Å². The Morgan fingerprint density at radius 2 is 2.00 bits per heavy atom. The maximum atomic E-state index is 14.2. The van der Waals surface area contributed by atoms with Gasteiger partial charge in [-0.05, 0) is 59.8 Å². The Kier molecular flexibility index (Phi) is 6.07. The minimum Gasteiger partial charge on any atom is -0.379 e. The number of fused-ring (bicyclic) bond motifs is 1. The van der Waals surface area contributed by atoms with Gasteiger partial charge in [0.1, 0.15) is 12.2 Å². The molecular formula is C28H30F3N5O2. The summed E-state index contributed by atoms with van der Waals surface area (Å²) in [5.74, 6) is 0.943. The lowest BCUT2D eigenvalue weighted by Crippen LogP contribution is -2.49. The van der Waals surface area contributed by atoms with E-state index in [1.807, 2.05) is 29.8 Å². The Balaban J connectivity index is 1.31. The molecule has 3 aliphatic rings. The average Bonchev–Trinajstić information content (AvgIpc) is 3.54. The molecule has 2 saturated heterocycles. The first-order valence-corrected chi connectivity index (χ1v) is 12.9. The first-order valence-electron chi connectivity index (χ1n) is 12.9. The zero-order chi connectivity index (χ0) is 26.7. The van der Waals surface area contributed by atoms with Gasteiger partial charge in [-0.3, -0.25) is 9.69 Å². The minimum absolute atomic E-state index is 0.0484. The lowest BCUT2D eigenvalue weighted by atomic mass is 9.75. The highest BCUT2D eigenvalue weighted by atomic mass is 19.4. The monoisotopic (exact) mass is 525 g/mol. The van der Waals surface area contributed by atoms with Gasteiger partial charge in [-0.25, -0.2) is 0 Å². The number of amides is 1. The van der Waals surface area contributed by atoms with Crippen LogP contribution in [0.1, 0.15) is 51.8 Å². The van der Waals surface area contributed by atoms with E-state index in [0.29, 0.717) is 43.3 Å². The van der Waals surface area contributed by atoms with Crippen molar-refractivity contribution in [3.63, 3.8) is 0 Å². The van der Waals surface area contributed by atoms with Crippen LogP contribution in [0.5, 0.6) is 0 Å². The van der Waals surface area contributed by atoms with Crippen LogP contribution in [0.15, 0.2) is 42.7 Å². The molecule has 1 aromatic heterocycles. The standard InChI is InChI=1S/C28H30F3N5O2/c1-18-6-7-35(12-18)13-19-8-22-23(24(9-19)28(29,30)31)14-36(26(22)37)21-5-3-4-20(10-21)27(15-38-16-27)11-25-33-32-17-34(25)2/h3-5,8-10,17-18H,6-7,11-16H2,1-2H3. The summed E-state index contributed by atoms with van der Waals surface area (Å²) >= 11 is 0. The molecule has 1 atom stereocenters. The molecule has 1 amide bonds. The number of likely N-dealkylation sites (tertiary alicyclic amines) is 1. The van der Waals surface area contributed by atoms with Crippen molar-refractivity contribution in [3.8, 4) is 0 Å². The van der Waals surface area contributed by atoms with Gasteiger partial charge in [-0.2, -0.15) is 13.2 Å². The zero-order valence-electron chi connectivity index (χ0n) is 21.5. The summed E-state index contributed by atoms with van der Waals surface area (Å²) in [6.07, 6.45) is -1.25. The van der Waals surface area contributed by atoms with Crippen LogP contribution in [-0.4, -0.2) is 51.9 Å². The lowest BCUT2D eigenvalue weighted by Gasteiger charge is -2.42. The summed E-state index contributed by atoms with van der Waals surface area (Å²) < 4.78 is 50.0. The molecule has 4 heterocycles. The number of nitrogens with zero attached hydrogens (tertiary/aromatic N) is 5. The number of anilines is 1. The van der Waals surface area contributed by atoms with Crippen LogP contribution in [0.4, 0.5) is 18.9 Å². The van der Waals surface area contributed by atoms with Gasteiger partial charge in [0.2, 0.25) is 0 Å². The van der Waals surface area contributed by atoms with Crippen LogP contribution >= 0.6 is 0 Å². The minimum atomic E-state index is -4.54. The summed E-state index contributed by atoms with van der Waals surface area (Å²) in [5, 5.41) is 8.18. The molecule has 38 heavy (non-hydrogen) atoms. The first-order chi connectivity index (χ1) is 18.1. The Bertz CT molecular complexity index is 1380. The zero-order valence-corrected chi connectivity index (χ0v) is 21.5. The van der Waals surface area contributed by atoms with Crippen molar-refractivity contribution in [1.29, 1.82) is 0 Å². The van der Waals surface area contributed by atoms with E-state index < -0.39 is 17.6 Å². The summed E-state index contributed by atoms with van der Waals surface area (Å²) in [7, 11) is 1.88. The van der Waals surface area contributed by atoms with Gasteiger partial charge in [0, 0.05) is 43.2 Å². The van der Waals surface area contributed by atoms with Gasteiger partial charge in [0.25, 0.3) is 5.91 Å². The molecule has 0 saturated carbocycles. The number of halogens is 3. The van der Waals surface area contributed by atoms with E-state index in [2.05, 4.69) is 22.0 Å². The third kappa shape index (κ3) is 4.39. The molecule has 1 unspecified atom stereocenters. The van der Waals surface area contributed by atoms with Gasteiger partial charge in [0.15, 0.2) is 0 Å². The van der Waals surface area contributed by atoms with E-state index in [1.54, 1.807) is 18.5 Å². The topological polar surface area (TPSA) is 63.5 Å². The highest BCUT2D eigenvalue weighted by Gasteiger charge is 2.43. The van der Waals surface area contributed by atoms with Crippen molar-refractivity contribution in [1.82, 2.24) is 19.7 Å². The largest absolute Gasteiger partial charge is 0.416 e. The molecule has 6 rings (SSSR count). The van der Waals surface area contributed by atoms with E-state index in [9.17, 15) is 18.0 Å². The maximum Gasteiger partial charge on any atom is 0.416 e. The SMILES string of the molecule is CC1CCN(Cc2cc3c(c(C(F)(F)F)c2)CN(c2cccc(C4(Cc5nncn5C)COC4)c2)C3=O)C1. The lowest BCUT2D eigenvalue weighted by molar-refractivity contribution is -0.138. The fraction of sp³-hybridized carbons (Fsp3) is 0.464. The number of carbonyl (C=O) groups is 1. The van der Waals surface area contributed by atoms with Gasteiger partial charge in [0.05, 0.1) is 25.3 Å². The second-order valence-corrected chi connectivity index (χ2v) is 11.0. The van der Waals surface area contributed by atoms with Crippen LogP contribution in [0.25, 0.3) is 0 Å². The molecule has 2 aromatic carbocycles. The second-order valence-electron chi connectivity index (χ2n) is 11.0. The predicted octanol–water partition coefficient (Wildman–Crippen LogP) is 4.35. The van der Waals surface area contributed by atoms with Crippen LogP contribution in [0.2, 0.25) is 0 Å². The highest BCUT2D eigenvalue weighted by Crippen LogP contribution is 2.42. The Morgan fingerprint density at radius 1 is 1.18 bits per heavy atom. The molecule has 0 spiro atoms. The Morgan fingerprint density at radius 3 is 2.63 bits per heavy atom. The van der Waals surface area contributed by atoms with Crippen molar-refractivity contribution >= 4 is 11.6 Å². The smallest absolute Gasteiger partial charge is 0.379 e. The van der Waals surface area contributed by atoms with Gasteiger partial charge < -0.3 is 14.2 Å². The van der Waals surface area contributed by atoms with Crippen LogP contribution < -0.4 is 4.90 Å².